The number of nitrogens with one attached hydrogen (secondary N) is 2. The molecule has 0 aliphatic heterocycles. The van der Waals surface area contributed by atoms with Crippen LogP contribution < -0.4 is 10.6 Å². The molecule has 4 nitrogen and oxygen atoms in total. The molecule has 1 amide bonds. The quantitative estimate of drug-likeness (QED) is 0.324. The molecule has 0 atom stereocenters. The standard InChI is InChI=1S/C21H31NO.C11H16N2.C2H6/c1-8-10-17-11-12-18(13-15(17)3)20(23)22-16(4)14-19(9-2)21(5,6)7;1-5-9-6-10(8(2)3)11(12-4)13-7-9;1-2/h11-14H,4,8-10H2,1-3,5-7H3,(H,22,23);6-7H,2,5H2,1,3-4H3,(H,12,13);1-2H3/b19-14+;;. The molecule has 4 heteroatoms. The van der Waals surface area contributed by atoms with Gasteiger partial charge in [-0.15, -0.1) is 0 Å². The average molecular weight is 520 g/mol. The first kappa shape index (κ1) is 34.9. The lowest BCUT2D eigenvalue weighted by Crippen LogP contribution is -2.22. The number of benzene rings is 1. The fraction of sp³-hybridized carbons (Fsp3) is 0.471. The van der Waals surface area contributed by atoms with Crippen LogP contribution in [0.25, 0.3) is 5.57 Å². The first-order valence-corrected chi connectivity index (χ1v) is 14.0. The number of pyridine rings is 1. The van der Waals surface area contributed by atoms with E-state index in [0.29, 0.717) is 11.3 Å². The molecule has 38 heavy (non-hydrogen) atoms. The molecular weight excluding hydrogens is 466 g/mol. The van der Waals surface area contributed by atoms with E-state index in [2.05, 4.69) is 89.4 Å². The summed E-state index contributed by atoms with van der Waals surface area (Å²) in [5.41, 5.74) is 8.58. The number of anilines is 1. The van der Waals surface area contributed by atoms with Crippen molar-refractivity contribution in [3.8, 4) is 0 Å². The van der Waals surface area contributed by atoms with Crippen molar-refractivity contribution in [2.24, 2.45) is 5.41 Å². The molecule has 0 fully saturated rings. The molecule has 0 radical (unpaired) electrons. The Labute approximate surface area is 233 Å². The SMILES string of the molecule is C=C(/C=C(\CC)C(C)(C)C)NC(=O)c1ccc(CCC)c(C)c1.C=C(C)c1cc(CC)cnc1NC.CC. The van der Waals surface area contributed by atoms with E-state index < -0.39 is 0 Å². The van der Waals surface area contributed by atoms with Gasteiger partial charge in [0.05, 0.1) is 0 Å². The van der Waals surface area contributed by atoms with Crippen LogP contribution in [-0.4, -0.2) is 17.9 Å². The summed E-state index contributed by atoms with van der Waals surface area (Å²) in [6.45, 7) is 28.9. The van der Waals surface area contributed by atoms with Crippen LogP contribution >= 0.6 is 0 Å². The predicted molar refractivity (Wildman–Crippen MR) is 169 cm³/mol. The zero-order valence-electron chi connectivity index (χ0n) is 26.1. The van der Waals surface area contributed by atoms with Crippen LogP contribution in [0.2, 0.25) is 0 Å². The van der Waals surface area contributed by atoms with Crippen LogP contribution in [0.15, 0.2) is 61.0 Å². The number of aryl methyl sites for hydroxylation is 3. The van der Waals surface area contributed by atoms with Gasteiger partial charge in [0.1, 0.15) is 5.82 Å². The highest BCUT2D eigenvalue weighted by atomic mass is 16.1. The minimum absolute atomic E-state index is 0.0841. The summed E-state index contributed by atoms with van der Waals surface area (Å²) in [7, 11) is 1.88. The lowest BCUT2D eigenvalue weighted by atomic mass is 9.84. The van der Waals surface area contributed by atoms with Gasteiger partial charge in [0.2, 0.25) is 0 Å². The van der Waals surface area contributed by atoms with E-state index in [0.717, 1.165) is 42.6 Å². The van der Waals surface area contributed by atoms with Gasteiger partial charge in [-0.3, -0.25) is 4.79 Å². The maximum atomic E-state index is 12.4. The molecule has 2 aromatic rings. The van der Waals surface area contributed by atoms with Gasteiger partial charge in [-0.25, -0.2) is 4.98 Å². The van der Waals surface area contributed by atoms with E-state index >= 15 is 0 Å². The first-order chi connectivity index (χ1) is 17.9. The van der Waals surface area contributed by atoms with Crippen molar-refractivity contribution < 1.29 is 4.79 Å². The van der Waals surface area contributed by atoms with Crippen molar-refractivity contribution in [3.63, 3.8) is 0 Å². The summed E-state index contributed by atoms with van der Waals surface area (Å²) in [6, 6.07) is 8.05. The molecule has 1 aromatic heterocycles. The van der Waals surface area contributed by atoms with Crippen LogP contribution in [-0.2, 0) is 12.8 Å². The molecule has 0 saturated carbocycles. The average Bonchev–Trinajstić information content (AvgIpc) is 2.88. The summed E-state index contributed by atoms with van der Waals surface area (Å²) in [5, 5.41) is 5.96. The van der Waals surface area contributed by atoms with Crippen molar-refractivity contribution in [2.75, 3.05) is 12.4 Å². The zero-order chi connectivity index (χ0) is 29.5. The van der Waals surface area contributed by atoms with Gasteiger partial charge in [-0.05, 0) is 85.1 Å². The van der Waals surface area contributed by atoms with Crippen LogP contribution in [0.1, 0.15) is 108 Å². The number of hydrogen-bond acceptors (Lipinski definition) is 3. The summed E-state index contributed by atoms with van der Waals surface area (Å²) < 4.78 is 0. The second-order valence-electron chi connectivity index (χ2n) is 10.3. The molecule has 1 heterocycles. The van der Waals surface area contributed by atoms with E-state index in [1.807, 2.05) is 52.2 Å². The number of carbonyl (C=O) groups excluding carboxylic acids is 1. The van der Waals surface area contributed by atoms with Crippen molar-refractivity contribution in [1.82, 2.24) is 10.3 Å². The molecule has 0 spiro atoms. The highest BCUT2D eigenvalue weighted by molar-refractivity contribution is 5.95. The second kappa shape index (κ2) is 17.4. The van der Waals surface area contributed by atoms with Gasteiger partial charge >= 0.3 is 0 Å². The largest absolute Gasteiger partial charge is 0.373 e. The minimum Gasteiger partial charge on any atom is -0.373 e. The number of carbonyl (C=O) groups is 1. The summed E-state index contributed by atoms with van der Waals surface area (Å²) in [6.07, 6.45) is 8.02. The Morgan fingerprint density at radius 3 is 2.16 bits per heavy atom. The molecule has 0 unspecified atom stereocenters. The number of aromatic nitrogens is 1. The monoisotopic (exact) mass is 519 g/mol. The fourth-order valence-electron chi connectivity index (χ4n) is 3.93. The van der Waals surface area contributed by atoms with E-state index in [1.54, 1.807) is 0 Å². The van der Waals surface area contributed by atoms with E-state index in [9.17, 15) is 4.79 Å². The molecule has 1 aromatic carbocycles. The normalized spacial score (nSPS) is 10.9. The van der Waals surface area contributed by atoms with E-state index in [1.165, 1.54) is 22.3 Å². The van der Waals surface area contributed by atoms with Gasteiger partial charge in [-0.2, -0.15) is 0 Å². The van der Waals surface area contributed by atoms with E-state index in [4.69, 9.17) is 0 Å². The Morgan fingerprint density at radius 1 is 1.08 bits per heavy atom. The van der Waals surface area contributed by atoms with Crippen LogP contribution in [0.4, 0.5) is 5.82 Å². The Balaban J connectivity index is 0.000000770. The highest BCUT2D eigenvalue weighted by Gasteiger charge is 2.16. The van der Waals surface area contributed by atoms with Gasteiger partial charge < -0.3 is 10.6 Å². The number of amides is 1. The molecule has 0 bridgehead atoms. The van der Waals surface area contributed by atoms with Crippen LogP contribution in [0, 0.1) is 12.3 Å². The van der Waals surface area contributed by atoms with Gasteiger partial charge in [0.25, 0.3) is 5.91 Å². The number of hydrogen-bond donors (Lipinski definition) is 2. The number of rotatable bonds is 9. The lowest BCUT2D eigenvalue weighted by molar-refractivity contribution is 0.0967. The third-order valence-electron chi connectivity index (χ3n) is 6.14. The molecule has 2 rings (SSSR count). The zero-order valence-corrected chi connectivity index (χ0v) is 26.1. The first-order valence-electron chi connectivity index (χ1n) is 14.0. The molecule has 210 valence electrons. The highest BCUT2D eigenvalue weighted by Crippen LogP contribution is 2.28. The summed E-state index contributed by atoms with van der Waals surface area (Å²) in [4.78, 5) is 16.7. The predicted octanol–water partition coefficient (Wildman–Crippen LogP) is 9.32. The smallest absolute Gasteiger partial charge is 0.255 e. The maximum Gasteiger partial charge on any atom is 0.255 e. The molecule has 2 N–H and O–H groups in total. The van der Waals surface area contributed by atoms with Crippen LogP contribution in [0.3, 0.4) is 0 Å². The summed E-state index contributed by atoms with van der Waals surface area (Å²) in [5.74, 6) is 0.812. The molecular formula is C34H53N3O. The lowest BCUT2D eigenvalue weighted by Gasteiger charge is -2.22. The Kier molecular flexibility index (Phi) is 15.9. The third kappa shape index (κ3) is 11.5. The molecule has 0 aliphatic rings. The van der Waals surface area contributed by atoms with Crippen LogP contribution in [0.5, 0.6) is 0 Å². The van der Waals surface area contributed by atoms with Crippen molar-refractivity contribution in [2.45, 2.75) is 94.9 Å². The summed E-state index contributed by atoms with van der Waals surface area (Å²) >= 11 is 0. The Morgan fingerprint density at radius 2 is 1.71 bits per heavy atom. The molecule has 0 aliphatic carbocycles. The number of nitrogens with zero attached hydrogens (tertiary/aromatic N) is 1. The topological polar surface area (TPSA) is 54.0 Å². The maximum absolute atomic E-state index is 12.4. The van der Waals surface area contributed by atoms with Crippen molar-refractivity contribution in [3.05, 3.63) is 88.8 Å². The van der Waals surface area contributed by atoms with Gasteiger partial charge in [0.15, 0.2) is 0 Å². The van der Waals surface area contributed by atoms with Crippen molar-refractivity contribution in [1.29, 1.82) is 0 Å². The Hall–Kier alpha value is -3.14. The fourth-order valence-corrected chi connectivity index (χ4v) is 3.93. The van der Waals surface area contributed by atoms with Gasteiger partial charge in [0, 0.05) is 30.1 Å². The number of allylic oxidation sites excluding steroid dienone is 3. The Bertz CT molecular complexity index is 1090. The minimum atomic E-state index is -0.0956. The third-order valence-corrected chi connectivity index (χ3v) is 6.14. The molecule has 0 saturated heterocycles. The van der Waals surface area contributed by atoms with Gasteiger partial charge in [-0.1, -0.05) is 86.6 Å². The van der Waals surface area contributed by atoms with Crippen molar-refractivity contribution >= 4 is 17.3 Å². The second-order valence-corrected chi connectivity index (χ2v) is 10.3. The van der Waals surface area contributed by atoms with E-state index in [-0.39, 0.29) is 11.3 Å².